The van der Waals surface area contributed by atoms with Gasteiger partial charge in [-0.15, -0.1) is 0 Å². The highest BCUT2D eigenvalue weighted by Crippen LogP contribution is 2.20. The van der Waals surface area contributed by atoms with Crippen LogP contribution in [0.5, 0.6) is 0 Å². The van der Waals surface area contributed by atoms with Crippen LogP contribution in [0.4, 0.5) is 0 Å². The highest BCUT2D eigenvalue weighted by Gasteiger charge is 2.22. The van der Waals surface area contributed by atoms with Crippen LogP contribution in [0.25, 0.3) is 11.1 Å². The predicted molar refractivity (Wildman–Crippen MR) is 83.7 cm³/mol. The Morgan fingerprint density at radius 3 is 2.74 bits per heavy atom. The van der Waals surface area contributed by atoms with Gasteiger partial charge in [0, 0.05) is 33.1 Å². The zero-order valence-corrected chi connectivity index (χ0v) is 13.5. The molecule has 3 rings (SSSR count). The van der Waals surface area contributed by atoms with Gasteiger partial charge in [0.05, 0.1) is 16.7 Å². The van der Waals surface area contributed by atoms with E-state index in [-0.39, 0.29) is 17.0 Å². The van der Waals surface area contributed by atoms with Crippen molar-refractivity contribution in [1.82, 2.24) is 8.87 Å². The second-order valence-corrected chi connectivity index (χ2v) is 7.26. The van der Waals surface area contributed by atoms with Crippen molar-refractivity contribution in [3.63, 3.8) is 0 Å². The molecule has 7 nitrogen and oxygen atoms in total. The fourth-order valence-corrected chi connectivity index (χ4v) is 3.48. The Kier molecular flexibility index (Phi) is 3.87. The van der Waals surface area contributed by atoms with Crippen molar-refractivity contribution in [1.29, 1.82) is 0 Å². The van der Waals surface area contributed by atoms with Crippen molar-refractivity contribution in [2.24, 2.45) is 7.05 Å². The van der Waals surface area contributed by atoms with Crippen molar-refractivity contribution < 1.29 is 17.3 Å². The van der Waals surface area contributed by atoms with E-state index in [1.807, 2.05) is 0 Å². The number of hydrogen-bond acceptors (Lipinski definition) is 5. The molecule has 0 unspecified atom stereocenters. The first kappa shape index (κ1) is 15.6. The molecule has 2 aromatic heterocycles. The Morgan fingerprint density at radius 1 is 1.26 bits per heavy atom. The van der Waals surface area contributed by atoms with Crippen molar-refractivity contribution in [3.8, 4) is 0 Å². The molecule has 8 heteroatoms. The lowest BCUT2D eigenvalue weighted by Crippen LogP contribution is -2.29. The molecule has 0 radical (unpaired) electrons. The largest absolute Gasteiger partial charge is 0.469 e. The number of sulfonamides is 1. The van der Waals surface area contributed by atoms with Crippen LogP contribution in [0, 0.1) is 0 Å². The highest BCUT2D eigenvalue weighted by molar-refractivity contribution is 7.89. The summed E-state index contributed by atoms with van der Waals surface area (Å²) in [4.78, 5) is 11.6. The molecule has 0 aliphatic heterocycles. The van der Waals surface area contributed by atoms with Crippen LogP contribution >= 0.6 is 0 Å². The number of aryl methyl sites for hydroxylation is 1. The van der Waals surface area contributed by atoms with E-state index in [9.17, 15) is 13.2 Å². The minimum atomic E-state index is -3.67. The smallest absolute Gasteiger partial charge is 0.419 e. The minimum absolute atomic E-state index is 0.0845. The van der Waals surface area contributed by atoms with E-state index in [2.05, 4.69) is 0 Å². The third-order valence-electron chi connectivity index (χ3n) is 3.73. The molecule has 0 fully saturated rings. The van der Waals surface area contributed by atoms with Crippen LogP contribution in [-0.4, -0.2) is 30.9 Å². The number of furan rings is 1. The van der Waals surface area contributed by atoms with E-state index in [4.69, 9.17) is 8.83 Å². The Hall–Kier alpha value is -2.32. The lowest BCUT2D eigenvalue weighted by molar-refractivity contribution is 0.441. The van der Waals surface area contributed by atoms with Gasteiger partial charge in [0.2, 0.25) is 10.0 Å². The van der Waals surface area contributed by atoms with E-state index >= 15 is 0 Å². The summed E-state index contributed by atoms with van der Waals surface area (Å²) in [6.45, 7) is 0.284. The summed E-state index contributed by atoms with van der Waals surface area (Å²) >= 11 is 0. The van der Waals surface area contributed by atoms with Crippen molar-refractivity contribution in [2.75, 3.05) is 13.6 Å². The van der Waals surface area contributed by atoms with E-state index in [1.54, 1.807) is 31.5 Å². The molecule has 0 bridgehead atoms. The third-order valence-corrected chi connectivity index (χ3v) is 5.58. The van der Waals surface area contributed by atoms with Gasteiger partial charge in [-0.05, 0) is 24.3 Å². The molecule has 23 heavy (non-hydrogen) atoms. The normalized spacial score (nSPS) is 12.3. The van der Waals surface area contributed by atoms with E-state index in [0.29, 0.717) is 11.9 Å². The second-order valence-electron chi connectivity index (χ2n) is 5.21. The van der Waals surface area contributed by atoms with E-state index in [1.165, 1.54) is 28.1 Å². The Bertz CT molecular complexity index is 983. The van der Waals surface area contributed by atoms with Gasteiger partial charge in [0.15, 0.2) is 5.58 Å². The van der Waals surface area contributed by atoms with Crippen molar-refractivity contribution in [2.45, 2.75) is 11.3 Å². The number of oxazole rings is 1. The summed E-state index contributed by atoms with van der Waals surface area (Å²) in [6.07, 6.45) is 2.03. The summed E-state index contributed by atoms with van der Waals surface area (Å²) in [5.74, 6) is 0.192. The SMILES string of the molecule is CN(CCc1ccco1)S(=O)(=O)c1ccc2c(c1)oc(=O)n2C. The molecular formula is C15H16N2O5S. The molecule has 3 aromatic rings. The Morgan fingerprint density at radius 2 is 2.04 bits per heavy atom. The molecule has 0 atom stereocenters. The highest BCUT2D eigenvalue weighted by atomic mass is 32.2. The topological polar surface area (TPSA) is 85.7 Å². The van der Waals surface area contributed by atoms with Crippen LogP contribution in [0.2, 0.25) is 0 Å². The average Bonchev–Trinajstić information content (AvgIpc) is 3.13. The van der Waals surface area contributed by atoms with Gasteiger partial charge in [0.25, 0.3) is 0 Å². The molecule has 0 aliphatic rings. The number of aromatic nitrogens is 1. The number of rotatable bonds is 5. The maximum absolute atomic E-state index is 12.6. The number of hydrogen-bond donors (Lipinski definition) is 0. The van der Waals surface area contributed by atoms with Gasteiger partial charge in [-0.2, -0.15) is 0 Å². The van der Waals surface area contributed by atoms with Crippen LogP contribution in [-0.2, 0) is 23.5 Å². The van der Waals surface area contributed by atoms with Crippen LogP contribution in [0.3, 0.4) is 0 Å². The molecule has 2 heterocycles. The molecule has 1 aromatic carbocycles. The molecule has 122 valence electrons. The summed E-state index contributed by atoms with van der Waals surface area (Å²) in [7, 11) is -0.596. The second kappa shape index (κ2) is 5.71. The van der Waals surface area contributed by atoms with Gasteiger partial charge >= 0.3 is 5.76 Å². The van der Waals surface area contributed by atoms with Crippen LogP contribution < -0.4 is 5.76 Å². The molecule has 0 saturated heterocycles. The minimum Gasteiger partial charge on any atom is -0.469 e. The molecule has 0 spiro atoms. The van der Waals surface area contributed by atoms with Gasteiger partial charge < -0.3 is 8.83 Å². The third kappa shape index (κ3) is 2.82. The lowest BCUT2D eigenvalue weighted by atomic mass is 10.3. The standard InChI is InChI=1S/C15H16N2O5S/c1-16(8-7-11-4-3-9-21-11)23(19,20)12-5-6-13-14(10-12)22-15(18)17(13)2/h3-6,9-10H,7-8H2,1-2H3. The van der Waals surface area contributed by atoms with Gasteiger partial charge in [-0.25, -0.2) is 17.5 Å². The number of nitrogens with zero attached hydrogens (tertiary/aromatic N) is 2. The number of benzene rings is 1. The maximum atomic E-state index is 12.6. The number of fused-ring (bicyclic) bond motifs is 1. The first-order valence-electron chi connectivity index (χ1n) is 6.98. The molecule has 0 aliphatic carbocycles. The zero-order valence-electron chi connectivity index (χ0n) is 12.7. The molecule has 0 N–H and O–H groups in total. The fourth-order valence-electron chi connectivity index (χ4n) is 2.30. The molecule has 0 saturated carbocycles. The van der Waals surface area contributed by atoms with Gasteiger partial charge in [0.1, 0.15) is 5.76 Å². The summed E-state index contributed by atoms with van der Waals surface area (Å²) in [5.41, 5.74) is 0.796. The Balaban J connectivity index is 1.87. The first-order chi connectivity index (χ1) is 10.9. The van der Waals surface area contributed by atoms with Gasteiger partial charge in [-0.1, -0.05) is 0 Å². The van der Waals surface area contributed by atoms with E-state index < -0.39 is 15.8 Å². The zero-order chi connectivity index (χ0) is 16.6. The lowest BCUT2D eigenvalue weighted by Gasteiger charge is -2.16. The number of likely N-dealkylation sites (N-methyl/N-ethyl adjacent to an activating group) is 1. The van der Waals surface area contributed by atoms with Crippen LogP contribution in [0.15, 0.2) is 55.1 Å². The van der Waals surface area contributed by atoms with Crippen molar-refractivity contribution in [3.05, 3.63) is 52.9 Å². The average molecular weight is 336 g/mol. The monoisotopic (exact) mass is 336 g/mol. The molecular weight excluding hydrogens is 320 g/mol. The summed E-state index contributed by atoms with van der Waals surface area (Å²) in [5, 5.41) is 0. The van der Waals surface area contributed by atoms with Crippen LogP contribution in [0.1, 0.15) is 5.76 Å². The van der Waals surface area contributed by atoms with Crippen molar-refractivity contribution >= 4 is 21.1 Å². The summed E-state index contributed by atoms with van der Waals surface area (Å²) < 4.78 is 38.0. The quantitative estimate of drug-likeness (QED) is 0.706. The van der Waals surface area contributed by atoms with E-state index in [0.717, 1.165) is 5.76 Å². The predicted octanol–water partition coefficient (Wildman–Crippen LogP) is 1.59. The fraction of sp³-hybridized carbons (Fsp3) is 0.267. The maximum Gasteiger partial charge on any atom is 0.419 e. The van der Waals surface area contributed by atoms with Gasteiger partial charge in [-0.3, -0.25) is 4.57 Å². The Labute approximate surface area is 132 Å². The summed E-state index contributed by atoms with van der Waals surface area (Å²) in [6, 6.07) is 7.96. The molecule has 0 amide bonds. The first-order valence-corrected chi connectivity index (χ1v) is 8.42.